The minimum Gasteiger partial charge on any atom is -0.480 e. The lowest BCUT2D eigenvalue weighted by atomic mass is 10.2. The molecule has 5 nitrogen and oxygen atoms in total. The zero-order valence-corrected chi connectivity index (χ0v) is 11.6. The predicted octanol–water partition coefficient (Wildman–Crippen LogP) is 2.14. The lowest BCUT2D eigenvalue weighted by Gasteiger charge is -2.17. The van der Waals surface area contributed by atoms with E-state index < -0.39 is 5.97 Å². The second-order valence-electron chi connectivity index (χ2n) is 4.31. The van der Waals surface area contributed by atoms with Gasteiger partial charge in [0.2, 0.25) is 0 Å². The van der Waals surface area contributed by atoms with E-state index in [0.29, 0.717) is 11.6 Å². The van der Waals surface area contributed by atoms with Gasteiger partial charge in [-0.25, -0.2) is 9.97 Å². The third-order valence-electron chi connectivity index (χ3n) is 2.86. The van der Waals surface area contributed by atoms with Gasteiger partial charge in [0.05, 0.1) is 5.39 Å². The van der Waals surface area contributed by atoms with E-state index in [1.807, 2.05) is 20.8 Å². The van der Waals surface area contributed by atoms with Crippen molar-refractivity contribution in [3.63, 3.8) is 0 Å². The Hall–Kier alpha value is -1.69. The summed E-state index contributed by atoms with van der Waals surface area (Å²) in [5.74, 6) is 0.490. The number of aliphatic carboxylic acids is 1. The van der Waals surface area contributed by atoms with E-state index in [4.69, 9.17) is 5.11 Å². The molecule has 0 fully saturated rings. The minimum absolute atomic E-state index is 0.0696. The van der Waals surface area contributed by atoms with Crippen molar-refractivity contribution in [1.82, 2.24) is 9.97 Å². The molecule has 2 aromatic heterocycles. The Bertz CT molecular complexity index is 621. The largest absolute Gasteiger partial charge is 0.480 e. The van der Waals surface area contributed by atoms with Gasteiger partial charge in [0.1, 0.15) is 23.0 Å². The number of likely N-dealkylation sites (N-methyl/N-ethyl adjacent to an activating group) is 1. The molecule has 0 aliphatic carbocycles. The van der Waals surface area contributed by atoms with Gasteiger partial charge in [-0.2, -0.15) is 0 Å². The van der Waals surface area contributed by atoms with Crippen molar-refractivity contribution in [3.05, 3.63) is 16.3 Å². The first-order valence-electron chi connectivity index (χ1n) is 5.57. The molecule has 0 spiro atoms. The molecule has 0 radical (unpaired) electrons. The molecule has 2 rings (SSSR count). The molecule has 2 heterocycles. The van der Waals surface area contributed by atoms with Gasteiger partial charge in [-0.3, -0.25) is 4.79 Å². The molecule has 0 saturated heterocycles. The number of carboxylic acid groups (broad SMARTS) is 1. The first-order valence-corrected chi connectivity index (χ1v) is 6.39. The Kier molecular flexibility index (Phi) is 3.21. The number of thiophene rings is 1. The fourth-order valence-corrected chi connectivity index (χ4v) is 2.96. The topological polar surface area (TPSA) is 66.3 Å². The fourth-order valence-electron chi connectivity index (χ4n) is 1.89. The molecule has 0 amide bonds. The van der Waals surface area contributed by atoms with Crippen LogP contribution in [0.3, 0.4) is 0 Å². The van der Waals surface area contributed by atoms with Gasteiger partial charge < -0.3 is 10.0 Å². The molecule has 0 atom stereocenters. The summed E-state index contributed by atoms with van der Waals surface area (Å²) in [6.45, 7) is 5.81. The molecule has 0 aliphatic rings. The van der Waals surface area contributed by atoms with Crippen molar-refractivity contribution in [2.75, 3.05) is 18.5 Å². The molecular weight excluding hydrogens is 250 g/mol. The molecule has 0 aliphatic heterocycles. The third kappa shape index (κ3) is 2.15. The van der Waals surface area contributed by atoms with Crippen LogP contribution in [0.15, 0.2) is 0 Å². The van der Waals surface area contributed by atoms with Gasteiger partial charge in [-0.15, -0.1) is 11.3 Å². The van der Waals surface area contributed by atoms with Crippen LogP contribution in [-0.2, 0) is 4.79 Å². The van der Waals surface area contributed by atoms with Crippen LogP contribution in [0.1, 0.15) is 16.3 Å². The van der Waals surface area contributed by atoms with Gasteiger partial charge in [0, 0.05) is 11.9 Å². The van der Waals surface area contributed by atoms with Crippen molar-refractivity contribution >= 4 is 33.3 Å². The van der Waals surface area contributed by atoms with Gasteiger partial charge in [0.15, 0.2) is 0 Å². The number of rotatable bonds is 3. The standard InChI is InChI=1S/C12H15N3O2S/c1-6-7(2)18-12-10(6)11(13-8(3)14-12)15(4)5-9(16)17/h5H2,1-4H3,(H,16,17). The minimum atomic E-state index is -0.869. The van der Waals surface area contributed by atoms with E-state index >= 15 is 0 Å². The average molecular weight is 265 g/mol. The van der Waals surface area contributed by atoms with Crippen molar-refractivity contribution in [3.8, 4) is 0 Å². The zero-order valence-electron chi connectivity index (χ0n) is 10.8. The van der Waals surface area contributed by atoms with Crippen LogP contribution in [0.5, 0.6) is 0 Å². The summed E-state index contributed by atoms with van der Waals surface area (Å²) >= 11 is 1.62. The highest BCUT2D eigenvalue weighted by Crippen LogP contribution is 2.34. The number of hydrogen-bond acceptors (Lipinski definition) is 5. The van der Waals surface area contributed by atoms with Crippen molar-refractivity contribution < 1.29 is 9.90 Å². The number of carbonyl (C=O) groups is 1. The van der Waals surface area contributed by atoms with Crippen LogP contribution >= 0.6 is 11.3 Å². The molecule has 0 saturated carbocycles. The lowest BCUT2D eigenvalue weighted by molar-refractivity contribution is -0.135. The predicted molar refractivity (Wildman–Crippen MR) is 72.5 cm³/mol. The SMILES string of the molecule is Cc1nc(N(C)CC(=O)O)c2c(C)c(C)sc2n1. The normalized spacial score (nSPS) is 10.9. The zero-order chi connectivity index (χ0) is 13.4. The second-order valence-corrected chi connectivity index (χ2v) is 5.51. The van der Waals surface area contributed by atoms with E-state index in [1.54, 1.807) is 23.3 Å². The number of anilines is 1. The number of nitrogens with zero attached hydrogens (tertiary/aromatic N) is 3. The van der Waals surface area contributed by atoms with Crippen molar-refractivity contribution in [1.29, 1.82) is 0 Å². The van der Waals surface area contributed by atoms with Crippen LogP contribution in [0.4, 0.5) is 5.82 Å². The second kappa shape index (κ2) is 4.53. The Labute approximate surface area is 109 Å². The summed E-state index contributed by atoms with van der Waals surface area (Å²) in [4.78, 5) is 23.4. The average Bonchev–Trinajstić information content (AvgIpc) is 2.52. The molecule has 0 aromatic carbocycles. The molecule has 1 N–H and O–H groups in total. The van der Waals surface area contributed by atoms with Crippen LogP contribution in [0.25, 0.3) is 10.2 Å². The maximum atomic E-state index is 10.8. The van der Waals surface area contributed by atoms with Crippen LogP contribution in [0, 0.1) is 20.8 Å². The van der Waals surface area contributed by atoms with E-state index in [9.17, 15) is 4.79 Å². The Morgan fingerprint density at radius 1 is 1.33 bits per heavy atom. The monoisotopic (exact) mass is 265 g/mol. The Morgan fingerprint density at radius 2 is 2.00 bits per heavy atom. The quantitative estimate of drug-likeness (QED) is 0.921. The van der Waals surface area contributed by atoms with Crippen molar-refractivity contribution in [2.45, 2.75) is 20.8 Å². The van der Waals surface area contributed by atoms with Crippen LogP contribution < -0.4 is 4.90 Å². The fraction of sp³-hybridized carbons (Fsp3) is 0.417. The van der Waals surface area contributed by atoms with Gasteiger partial charge in [-0.1, -0.05) is 0 Å². The highest BCUT2D eigenvalue weighted by Gasteiger charge is 2.17. The summed E-state index contributed by atoms with van der Waals surface area (Å²) in [6, 6.07) is 0. The van der Waals surface area contributed by atoms with Gasteiger partial charge in [0.25, 0.3) is 0 Å². The van der Waals surface area contributed by atoms with E-state index in [0.717, 1.165) is 15.8 Å². The third-order valence-corrected chi connectivity index (χ3v) is 3.96. The molecule has 18 heavy (non-hydrogen) atoms. The molecule has 2 aromatic rings. The molecular formula is C12H15N3O2S. The number of aryl methyl sites for hydroxylation is 3. The summed E-state index contributed by atoms with van der Waals surface area (Å²) in [6.07, 6.45) is 0. The van der Waals surface area contributed by atoms with E-state index in [-0.39, 0.29) is 6.54 Å². The van der Waals surface area contributed by atoms with Gasteiger partial charge in [-0.05, 0) is 26.3 Å². The van der Waals surface area contributed by atoms with Crippen LogP contribution in [0.2, 0.25) is 0 Å². The lowest BCUT2D eigenvalue weighted by Crippen LogP contribution is -2.26. The Morgan fingerprint density at radius 3 is 2.61 bits per heavy atom. The molecule has 96 valence electrons. The highest BCUT2D eigenvalue weighted by atomic mass is 32.1. The number of carboxylic acids is 1. The summed E-state index contributed by atoms with van der Waals surface area (Å²) < 4.78 is 0. The molecule has 0 unspecified atom stereocenters. The summed E-state index contributed by atoms with van der Waals surface area (Å²) in [5, 5.41) is 9.84. The first kappa shape index (κ1) is 12.8. The maximum Gasteiger partial charge on any atom is 0.323 e. The highest BCUT2D eigenvalue weighted by molar-refractivity contribution is 7.18. The first-order chi connectivity index (χ1) is 8.40. The summed E-state index contributed by atoms with van der Waals surface area (Å²) in [5.41, 5.74) is 1.13. The number of fused-ring (bicyclic) bond motifs is 1. The van der Waals surface area contributed by atoms with Crippen LogP contribution in [-0.4, -0.2) is 34.6 Å². The maximum absolute atomic E-state index is 10.8. The molecule has 0 bridgehead atoms. The Balaban J connectivity index is 2.64. The van der Waals surface area contributed by atoms with E-state index in [1.165, 1.54) is 4.88 Å². The number of hydrogen-bond donors (Lipinski definition) is 1. The van der Waals surface area contributed by atoms with E-state index in [2.05, 4.69) is 9.97 Å². The van der Waals surface area contributed by atoms with Gasteiger partial charge >= 0.3 is 5.97 Å². The molecule has 6 heteroatoms. The van der Waals surface area contributed by atoms with Crippen molar-refractivity contribution in [2.24, 2.45) is 0 Å². The number of aromatic nitrogens is 2. The summed E-state index contributed by atoms with van der Waals surface area (Å²) in [7, 11) is 1.74. The smallest absolute Gasteiger partial charge is 0.323 e.